The lowest BCUT2D eigenvalue weighted by molar-refractivity contribution is -0.138. The van der Waals surface area contributed by atoms with E-state index in [0.29, 0.717) is 12.1 Å². The summed E-state index contributed by atoms with van der Waals surface area (Å²) in [5.74, 6) is -1.09. The number of carbonyl (C=O) groups excluding carboxylic acids is 3. The molecular weight excluding hydrogens is 533 g/mol. The van der Waals surface area contributed by atoms with Gasteiger partial charge in [0.25, 0.3) is 11.8 Å². The van der Waals surface area contributed by atoms with Crippen molar-refractivity contribution in [2.24, 2.45) is 5.41 Å². The van der Waals surface area contributed by atoms with Crippen LogP contribution < -0.4 is 5.32 Å². The molecule has 2 bridgehead atoms. The van der Waals surface area contributed by atoms with E-state index in [1.54, 1.807) is 15.9 Å². The summed E-state index contributed by atoms with van der Waals surface area (Å²) in [4.78, 5) is 46.4. The number of halogens is 4. The van der Waals surface area contributed by atoms with Crippen molar-refractivity contribution in [3.05, 3.63) is 70.4 Å². The van der Waals surface area contributed by atoms with Crippen LogP contribution in [0.5, 0.6) is 0 Å². The van der Waals surface area contributed by atoms with Crippen molar-refractivity contribution in [1.82, 2.24) is 20.1 Å². The van der Waals surface area contributed by atoms with Crippen LogP contribution in [0.1, 0.15) is 53.6 Å². The normalized spacial score (nSPS) is 20.0. The Morgan fingerprint density at radius 3 is 2.26 bits per heavy atom. The van der Waals surface area contributed by atoms with Crippen LogP contribution >= 0.6 is 11.6 Å². The van der Waals surface area contributed by atoms with Crippen molar-refractivity contribution in [1.29, 1.82) is 0 Å². The number of carbonyl (C=O) groups is 3. The van der Waals surface area contributed by atoms with Crippen LogP contribution in [-0.4, -0.2) is 63.7 Å². The average Bonchev–Trinajstić information content (AvgIpc) is 3.59. The number of nitrogens with zero attached hydrogens (tertiary/aromatic N) is 2. The van der Waals surface area contributed by atoms with Crippen molar-refractivity contribution >= 4 is 40.2 Å². The minimum atomic E-state index is -4.56. The van der Waals surface area contributed by atoms with Gasteiger partial charge < -0.3 is 20.1 Å². The van der Waals surface area contributed by atoms with Gasteiger partial charge in [-0.15, -0.1) is 0 Å². The lowest BCUT2D eigenvalue weighted by Crippen LogP contribution is -2.59. The Balaban J connectivity index is 1.29. The van der Waals surface area contributed by atoms with E-state index < -0.39 is 35.0 Å². The molecule has 2 N–H and O–H groups in total. The summed E-state index contributed by atoms with van der Waals surface area (Å²) in [5.41, 5.74) is -0.355. The summed E-state index contributed by atoms with van der Waals surface area (Å²) < 4.78 is 39.0. The van der Waals surface area contributed by atoms with E-state index in [1.807, 2.05) is 45.0 Å². The van der Waals surface area contributed by atoms with E-state index in [-0.39, 0.29) is 41.7 Å². The van der Waals surface area contributed by atoms with Crippen LogP contribution in [-0.2, 0) is 11.0 Å². The molecule has 3 amide bonds. The molecule has 1 aromatic heterocycles. The maximum atomic E-state index is 13.7. The van der Waals surface area contributed by atoms with Gasteiger partial charge in [0, 0.05) is 24.0 Å². The van der Waals surface area contributed by atoms with Crippen LogP contribution in [0, 0.1) is 5.41 Å². The molecule has 206 valence electrons. The van der Waals surface area contributed by atoms with Gasteiger partial charge >= 0.3 is 6.18 Å². The first-order chi connectivity index (χ1) is 18.2. The first-order valence-corrected chi connectivity index (χ1v) is 13.0. The molecule has 3 heterocycles. The number of rotatable bonds is 4. The van der Waals surface area contributed by atoms with E-state index >= 15 is 0 Å². The number of aromatic amines is 1. The number of hydrogen-bond donors (Lipinski definition) is 2. The minimum Gasteiger partial charge on any atom is -0.351 e. The summed E-state index contributed by atoms with van der Waals surface area (Å²) in [6.07, 6.45) is -4.02. The highest BCUT2D eigenvalue weighted by atomic mass is 35.5. The fourth-order valence-electron chi connectivity index (χ4n) is 5.42. The molecule has 5 rings (SSSR count). The van der Waals surface area contributed by atoms with Gasteiger partial charge in [0.1, 0.15) is 11.7 Å². The van der Waals surface area contributed by atoms with Gasteiger partial charge in [0.05, 0.1) is 28.2 Å². The molecule has 0 saturated carbocycles. The number of amides is 3. The Kier molecular flexibility index (Phi) is 6.65. The molecule has 1 unspecified atom stereocenters. The van der Waals surface area contributed by atoms with Crippen LogP contribution in [0.4, 0.5) is 13.2 Å². The Morgan fingerprint density at radius 2 is 1.67 bits per heavy atom. The number of para-hydroxylation sites is 1. The van der Waals surface area contributed by atoms with Crippen molar-refractivity contribution in [3.63, 3.8) is 0 Å². The SMILES string of the molecule is CC(C)(C)C(NC(=O)c1cc2ccccc2[nH]1)C(=O)N1C[C@@H]2C[C@H]1CN2C(=O)c1ccc(C(F)(F)F)cc1Cl. The average molecular weight is 561 g/mol. The maximum absolute atomic E-state index is 13.7. The molecule has 2 aliphatic rings. The highest BCUT2D eigenvalue weighted by molar-refractivity contribution is 6.34. The molecule has 7 nitrogen and oxygen atoms in total. The molecule has 0 aliphatic carbocycles. The summed E-state index contributed by atoms with van der Waals surface area (Å²) >= 11 is 6.05. The zero-order valence-corrected chi connectivity index (χ0v) is 22.4. The summed E-state index contributed by atoms with van der Waals surface area (Å²) in [6.45, 7) is 6.12. The number of likely N-dealkylation sites (tertiary alicyclic amines) is 2. The van der Waals surface area contributed by atoms with Crippen LogP contribution in [0.3, 0.4) is 0 Å². The first kappa shape index (κ1) is 27.1. The zero-order chi connectivity index (χ0) is 28.3. The topological polar surface area (TPSA) is 85.5 Å². The number of piperazine rings is 1. The van der Waals surface area contributed by atoms with Crippen LogP contribution in [0.25, 0.3) is 10.9 Å². The first-order valence-electron chi connectivity index (χ1n) is 12.6. The second-order valence-corrected chi connectivity index (χ2v) is 11.6. The van der Waals surface area contributed by atoms with Crippen molar-refractivity contribution in [3.8, 4) is 0 Å². The summed E-state index contributed by atoms with van der Waals surface area (Å²) in [6, 6.07) is 10.5. The third kappa shape index (κ3) is 5.09. The number of H-pyrrole nitrogens is 1. The molecule has 2 fully saturated rings. The summed E-state index contributed by atoms with van der Waals surface area (Å²) in [5, 5.41) is 3.52. The van der Waals surface area contributed by atoms with E-state index in [9.17, 15) is 27.6 Å². The fraction of sp³-hybridized carbons (Fsp3) is 0.393. The molecule has 3 atom stereocenters. The van der Waals surface area contributed by atoms with Crippen molar-refractivity contribution < 1.29 is 27.6 Å². The molecule has 2 saturated heterocycles. The quantitative estimate of drug-likeness (QED) is 0.465. The Hall–Kier alpha value is -3.53. The minimum absolute atomic E-state index is 0.00624. The van der Waals surface area contributed by atoms with Crippen LogP contribution in [0.15, 0.2) is 48.5 Å². The number of nitrogens with one attached hydrogen (secondary N) is 2. The van der Waals surface area contributed by atoms with E-state index in [0.717, 1.165) is 29.1 Å². The molecule has 0 spiro atoms. The number of alkyl halides is 3. The Labute approximate surface area is 228 Å². The predicted molar refractivity (Wildman–Crippen MR) is 140 cm³/mol. The molecule has 11 heteroatoms. The number of benzene rings is 2. The monoisotopic (exact) mass is 560 g/mol. The standard InChI is InChI=1S/C28H28ClF3N4O3/c1-27(2,3)23(34-24(37)22-10-15-6-4-5-7-21(15)33-22)26(39)36-14-17-12-18(36)13-35(17)25(38)19-9-8-16(11-20(19)29)28(30,31)32/h4-11,17-18,23,33H,12-14H2,1-3H3,(H,34,37)/t17-,18-,23?/m0/s1. The Bertz CT molecular complexity index is 1430. The van der Waals surface area contributed by atoms with Gasteiger partial charge in [-0.05, 0) is 42.2 Å². The van der Waals surface area contributed by atoms with Crippen LogP contribution in [0.2, 0.25) is 5.02 Å². The second-order valence-electron chi connectivity index (χ2n) is 11.2. The van der Waals surface area contributed by atoms with Crippen molar-refractivity contribution in [2.75, 3.05) is 13.1 Å². The third-order valence-electron chi connectivity index (χ3n) is 7.47. The highest BCUT2D eigenvalue weighted by Gasteiger charge is 2.50. The van der Waals surface area contributed by atoms with Gasteiger partial charge in [0.15, 0.2) is 0 Å². The second kappa shape index (κ2) is 9.59. The largest absolute Gasteiger partial charge is 0.416 e. The van der Waals surface area contributed by atoms with Gasteiger partial charge in [-0.25, -0.2) is 0 Å². The number of hydrogen-bond acceptors (Lipinski definition) is 3. The van der Waals surface area contributed by atoms with E-state index in [2.05, 4.69) is 10.3 Å². The maximum Gasteiger partial charge on any atom is 0.416 e. The molecule has 0 radical (unpaired) electrons. The van der Waals surface area contributed by atoms with Gasteiger partial charge in [-0.1, -0.05) is 50.6 Å². The molecule has 2 aliphatic heterocycles. The molecule has 39 heavy (non-hydrogen) atoms. The smallest absolute Gasteiger partial charge is 0.351 e. The third-order valence-corrected chi connectivity index (χ3v) is 7.79. The molecule has 2 aromatic carbocycles. The fourth-order valence-corrected chi connectivity index (χ4v) is 5.69. The number of aromatic nitrogens is 1. The Morgan fingerprint density at radius 1 is 1.00 bits per heavy atom. The number of fused-ring (bicyclic) bond motifs is 3. The van der Waals surface area contributed by atoms with Gasteiger partial charge in [-0.2, -0.15) is 13.2 Å². The molecule has 3 aromatic rings. The summed E-state index contributed by atoms with van der Waals surface area (Å²) in [7, 11) is 0. The highest BCUT2D eigenvalue weighted by Crippen LogP contribution is 2.36. The predicted octanol–water partition coefficient (Wildman–Crippen LogP) is 5.11. The zero-order valence-electron chi connectivity index (χ0n) is 21.6. The van der Waals surface area contributed by atoms with Crippen molar-refractivity contribution in [2.45, 2.75) is 51.5 Å². The van der Waals surface area contributed by atoms with Gasteiger partial charge in [0.2, 0.25) is 5.91 Å². The molecular formula is C28H28ClF3N4O3. The van der Waals surface area contributed by atoms with E-state index in [4.69, 9.17) is 11.6 Å². The van der Waals surface area contributed by atoms with E-state index in [1.165, 1.54) is 0 Å². The lowest BCUT2D eigenvalue weighted by Gasteiger charge is -2.39. The lowest BCUT2D eigenvalue weighted by atomic mass is 9.85. The van der Waals surface area contributed by atoms with Gasteiger partial charge in [-0.3, -0.25) is 14.4 Å².